The molecule has 4 aromatic heterocycles. The number of aromatic amines is 1. The Balaban J connectivity index is 1.40. The third-order valence-corrected chi connectivity index (χ3v) is 7.89. The number of nitrogens with zero attached hydrogens (tertiary/aromatic N) is 6. The van der Waals surface area contributed by atoms with Crippen molar-refractivity contribution in [1.82, 2.24) is 29.9 Å². The molecule has 164 valence electrons. The maximum absolute atomic E-state index is 9.65. The van der Waals surface area contributed by atoms with Crippen molar-refractivity contribution in [3.8, 4) is 0 Å². The first-order valence-electron chi connectivity index (χ1n) is 10.5. The van der Waals surface area contributed by atoms with Crippen molar-refractivity contribution in [2.24, 2.45) is 17.6 Å². The summed E-state index contributed by atoms with van der Waals surface area (Å²) in [5, 5.41) is 11.7. The van der Waals surface area contributed by atoms with Gasteiger partial charge >= 0.3 is 0 Å². The van der Waals surface area contributed by atoms with Gasteiger partial charge in [-0.05, 0) is 24.2 Å². The largest absolute Gasteiger partial charge is 0.394 e. The van der Waals surface area contributed by atoms with E-state index in [1.807, 2.05) is 6.07 Å². The molecule has 4 aromatic rings. The van der Waals surface area contributed by atoms with E-state index in [0.29, 0.717) is 15.8 Å². The minimum atomic E-state index is -0.464. The molecule has 0 amide bonds. The van der Waals surface area contributed by atoms with Gasteiger partial charge in [0, 0.05) is 59.6 Å². The predicted molar refractivity (Wildman–Crippen MR) is 123 cm³/mol. The summed E-state index contributed by atoms with van der Waals surface area (Å²) in [4.78, 5) is 29.0. The second-order valence-corrected chi connectivity index (χ2v) is 9.80. The van der Waals surface area contributed by atoms with Crippen LogP contribution in [0.4, 0.5) is 5.82 Å². The number of hydrogen-bond donors (Lipinski definition) is 3. The van der Waals surface area contributed by atoms with Crippen molar-refractivity contribution in [2.45, 2.75) is 28.9 Å². The molecule has 2 aliphatic rings. The van der Waals surface area contributed by atoms with E-state index in [2.05, 4.69) is 31.8 Å². The number of aromatic nitrogens is 6. The van der Waals surface area contributed by atoms with Crippen molar-refractivity contribution in [1.29, 1.82) is 0 Å². The van der Waals surface area contributed by atoms with E-state index < -0.39 is 5.54 Å². The van der Waals surface area contributed by atoms with Crippen LogP contribution in [0.25, 0.3) is 22.2 Å². The van der Waals surface area contributed by atoms with Crippen molar-refractivity contribution < 1.29 is 5.11 Å². The van der Waals surface area contributed by atoms with Crippen LogP contribution in [0.3, 0.4) is 0 Å². The Hall–Kier alpha value is -2.53. The number of fused-ring (bicyclic) bond motifs is 3. The number of aliphatic hydroxyl groups excluding tert-OH is 1. The summed E-state index contributed by atoms with van der Waals surface area (Å²) in [6, 6.07) is 1.93. The molecule has 3 atom stereocenters. The first kappa shape index (κ1) is 20.1. The number of nitrogens with two attached hydrogens (primary N) is 1. The fourth-order valence-corrected chi connectivity index (χ4v) is 5.88. The van der Waals surface area contributed by atoms with Gasteiger partial charge in [-0.3, -0.25) is 4.98 Å². The number of halogens is 1. The summed E-state index contributed by atoms with van der Waals surface area (Å²) in [6.45, 7) is 3.55. The molecule has 2 fully saturated rings. The van der Waals surface area contributed by atoms with E-state index in [9.17, 15) is 5.11 Å². The van der Waals surface area contributed by atoms with Gasteiger partial charge in [-0.1, -0.05) is 18.5 Å². The quantitative estimate of drug-likeness (QED) is 0.378. The van der Waals surface area contributed by atoms with Gasteiger partial charge in [0.25, 0.3) is 0 Å². The van der Waals surface area contributed by atoms with Crippen LogP contribution >= 0.6 is 23.4 Å². The summed E-state index contributed by atoms with van der Waals surface area (Å²) >= 11 is 8.14. The van der Waals surface area contributed by atoms with E-state index in [1.54, 1.807) is 18.6 Å². The Labute approximate surface area is 192 Å². The van der Waals surface area contributed by atoms with Crippen LogP contribution in [-0.4, -0.2) is 60.2 Å². The maximum Gasteiger partial charge on any atom is 0.196 e. The number of hydrogen-bond acceptors (Lipinski definition) is 9. The van der Waals surface area contributed by atoms with Crippen molar-refractivity contribution in [3.05, 3.63) is 35.4 Å². The fraction of sp³-hybridized carbons (Fsp3) is 0.381. The number of pyridine rings is 1. The normalized spacial score (nSPS) is 24.4. The molecule has 0 spiro atoms. The third kappa shape index (κ3) is 2.97. The Morgan fingerprint density at radius 1 is 1.25 bits per heavy atom. The summed E-state index contributed by atoms with van der Waals surface area (Å²) in [5.41, 5.74) is 8.83. The summed E-state index contributed by atoms with van der Waals surface area (Å²) in [7, 11) is 0. The molecule has 0 bridgehead atoms. The van der Waals surface area contributed by atoms with Gasteiger partial charge < -0.3 is 20.7 Å². The zero-order chi connectivity index (χ0) is 22.0. The number of rotatable bonds is 5. The van der Waals surface area contributed by atoms with E-state index in [4.69, 9.17) is 27.3 Å². The highest BCUT2D eigenvalue weighted by molar-refractivity contribution is 7.99. The van der Waals surface area contributed by atoms with Gasteiger partial charge in [-0.25, -0.2) is 19.9 Å². The highest BCUT2D eigenvalue weighted by atomic mass is 35.5. The molecule has 11 heteroatoms. The molecular weight excluding hydrogens is 448 g/mol. The lowest BCUT2D eigenvalue weighted by molar-refractivity contribution is 0.237. The lowest BCUT2D eigenvalue weighted by atomic mass is 10.2. The summed E-state index contributed by atoms with van der Waals surface area (Å²) < 4.78 is 0. The maximum atomic E-state index is 9.65. The van der Waals surface area contributed by atoms with Crippen LogP contribution in [0.2, 0.25) is 5.02 Å². The standard InChI is InChI=1S/C21H21ClN8OS/c1-2-13-16(22)15-18(27-13)28-20(32-10-5-14-17(26-6-10)25-4-3-24-14)29-19(15)30-7-11-12(8-30)21(11,23)9-31/h3-6,11-12,31H,2,7-9,23H2,1H3,(H,27,28,29)/t11-,12+,21?. The number of piperidine rings is 1. The molecule has 0 aromatic carbocycles. The number of nitrogens with one attached hydrogen (secondary N) is 1. The molecule has 0 radical (unpaired) electrons. The molecule has 1 aliphatic carbocycles. The van der Waals surface area contributed by atoms with E-state index >= 15 is 0 Å². The molecule has 1 saturated carbocycles. The van der Waals surface area contributed by atoms with Crippen molar-refractivity contribution >= 4 is 51.4 Å². The zero-order valence-electron chi connectivity index (χ0n) is 17.3. The molecular formula is C21H21ClN8OS. The Kier molecular flexibility index (Phi) is 4.55. The van der Waals surface area contributed by atoms with Gasteiger partial charge in [0.1, 0.15) is 17.0 Å². The number of H-pyrrole nitrogens is 1. The molecule has 32 heavy (non-hydrogen) atoms. The van der Waals surface area contributed by atoms with Crippen molar-refractivity contribution in [2.75, 3.05) is 24.6 Å². The van der Waals surface area contributed by atoms with Crippen molar-refractivity contribution in [3.63, 3.8) is 0 Å². The molecule has 1 unspecified atom stereocenters. The first-order chi connectivity index (χ1) is 15.5. The topological polar surface area (TPSA) is 130 Å². The number of aliphatic hydroxyl groups is 1. The van der Waals surface area contributed by atoms with Gasteiger partial charge in [-0.15, -0.1) is 0 Å². The summed E-state index contributed by atoms with van der Waals surface area (Å²) in [5.74, 6) is 1.33. The Morgan fingerprint density at radius 3 is 2.78 bits per heavy atom. The first-order valence-corrected chi connectivity index (χ1v) is 11.7. The summed E-state index contributed by atoms with van der Waals surface area (Å²) in [6.07, 6.45) is 5.79. The average Bonchev–Trinajstić information content (AvgIpc) is 3.14. The second-order valence-electron chi connectivity index (χ2n) is 8.39. The van der Waals surface area contributed by atoms with E-state index in [0.717, 1.165) is 52.5 Å². The van der Waals surface area contributed by atoms with Crippen LogP contribution in [0.5, 0.6) is 0 Å². The molecule has 6 rings (SSSR count). The van der Waals surface area contributed by atoms with E-state index in [1.165, 1.54) is 11.8 Å². The van der Waals surface area contributed by atoms with Gasteiger partial charge in [0.2, 0.25) is 0 Å². The molecule has 4 N–H and O–H groups in total. The predicted octanol–water partition coefficient (Wildman–Crippen LogP) is 2.42. The highest BCUT2D eigenvalue weighted by Crippen LogP contribution is 2.54. The zero-order valence-corrected chi connectivity index (χ0v) is 18.9. The number of aryl methyl sites for hydroxylation is 1. The monoisotopic (exact) mass is 468 g/mol. The van der Waals surface area contributed by atoms with Crippen LogP contribution in [0, 0.1) is 11.8 Å². The molecule has 9 nitrogen and oxygen atoms in total. The smallest absolute Gasteiger partial charge is 0.196 e. The molecule has 1 aliphatic heterocycles. The lowest BCUT2D eigenvalue weighted by Crippen LogP contribution is -2.40. The van der Waals surface area contributed by atoms with Gasteiger partial charge in [-0.2, -0.15) is 0 Å². The average molecular weight is 469 g/mol. The van der Waals surface area contributed by atoms with Gasteiger partial charge in [0.05, 0.1) is 17.0 Å². The lowest BCUT2D eigenvalue weighted by Gasteiger charge is -2.25. The van der Waals surface area contributed by atoms with Crippen LogP contribution in [-0.2, 0) is 6.42 Å². The molecule has 1 saturated heterocycles. The SMILES string of the molecule is CCc1[nH]c2nc(Sc3cnc4nccnc4c3)nc(N3C[C@@H]4[C@H](C3)C4(N)CO)c2c1Cl. The Morgan fingerprint density at radius 2 is 2.03 bits per heavy atom. The fourth-order valence-electron chi connectivity index (χ4n) is 4.77. The van der Waals surface area contributed by atoms with E-state index in [-0.39, 0.29) is 18.4 Å². The highest BCUT2D eigenvalue weighted by Gasteiger charge is 2.66. The number of anilines is 1. The van der Waals surface area contributed by atoms with Gasteiger partial charge in [0.15, 0.2) is 10.8 Å². The molecule has 5 heterocycles. The second kappa shape index (κ2) is 7.24. The minimum absolute atomic E-state index is 0.0131. The van der Waals surface area contributed by atoms with Crippen LogP contribution < -0.4 is 10.6 Å². The minimum Gasteiger partial charge on any atom is -0.394 e. The van der Waals surface area contributed by atoms with Crippen LogP contribution in [0.1, 0.15) is 12.6 Å². The third-order valence-electron chi connectivity index (χ3n) is 6.65. The Bertz CT molecular complexity index is 1350. The van der Waals surface area contributed by atoms with Crippen LogP contribution in [0.15, 0.2) is 34.7 Å².